The molecular weight excluding hydrogens is 188 g/mol. The van der Waals surface area contributed by atoms with Gasteiger partial charge in [0.2, 0.25) is 0 Å². The largest absolute Gasteiger partial charge is 0.396 e. The van der Waals surface area contributed by atoms with Crippen LogP contribution >= 0.6 is 0 Å². The molecule has 0 aliphatic heterocycles. The van der Waals surface area contributed by atoms with Gasteiger partial charge in [0.05, 0.1) is 12.2 Å². The van der Waals surface area contributed by atoms with E-state index in [1.165, 1.54) is 44.9 Å². The molecule has 0 aromatic rings. The summed E-state index contributed by atoms with van der Waals surface area (Å²) in [4.78, 5) is 0. The third kappa shape index (κ3) is 3.46. The normalized spacial score (nSPS) is 34.2. The molecule has 15 heavy (non-hydrogen) atoms. The zero-order valence-electron chi connectivity index (χ0n) is 9.66. The summed E-state index contributed by atoms with van der Waals surface area (Å²) in [6, 6.07) is 0. The summed E-state index contributed by atoms with van der Waals surface area (Å²) in [7, 11) is 0. The average Bonchev–Trinajstić information content (AvgIpc) is 2.31. The van der Waals surface area contributed by atoms with Gasteiger partial charge >= 0.3 is 0 Å². The Morgan fingerprint density at radius 1 is 0.800 bits per heavy atom. The fourth-order valence-electron chi connectivity index (χ4n) is 2.92. The van der Waals surface area contributed by atoms with Gasteiger partial charge in [0.25, 0.3) is 0 Å². The molecule has 0 bridgehead atoms. The van der Waals surface area contributed by atoms with E-state index in [4.69, 9.17) is 9.84 Å². The van der Waals surface area contributed by atoms with E-state index < -0.39 is 0 Å². The number of hydrogen-bond donors (Lipinski definition) is 1. The zero-order chi connectivity index (χ0) is 10.5. The highest BCUT2D eigenvalue weighted by Crippen LogP contribution is 2.29. The fraction of sp³-hybridized carbons (Fsp3) is 1.00. The lowest BCUT2D eigenvalue weighted by Crippen LogP contribution is -2.28. The van der Waals surface area contributed by atoms with Gasteiger partial charge in [-0.1, -0.05) is 19.3 Å². The van der Waals surface area contributed by atoms with Gasteiger partial charge in [0.1, 0.15) is 0 Å². The number of rotatable bonds is 3. The molecule has 0 heterocycles. The molecule has 0 aromatic carbocycles. The first-order chi connectivity index (χ1) is 7.38. The molecule has 2 fully saturated rings. The lowest BCUT2D eigenvalue weighted by Gasteiger charge is -2.32. The second kappa shape index (κ2) is 5.86. The highest BCUT2D eigenvalue weighted by atomic mass is 16.5. The predicted octanol–water partition coefficient (Wildman–Crippen LogP) is 2.89. The first kappa shape index (κ1) is 11.4. The Bertz CT molecular complexity index is 167. The Labute approximate surface area is 93.0 Å². The van der Waals surface area contributed by atoms with Gasteiger partial charge < -0.3 is 9.84 Å². The molecule has 2 aliphatic carbocycles. The van der Waals surface area contributed by atoms with Crippen LogP contribution in [0.25, 0.3) is 0 Å². The molecule has 2 aliphatic rings. The number of aliphatic hydroxyl groups is 1. The number of aliphatic hydroxyl groups excluding tert-OH is 1. The van der Waals surface area contributed by atoms with Gasteiger partial charge in [-0.05, 0) is 44.4 Å². The Hall–Kier alpha value is -0.0800. The minimum absolute atomic E-state index is 0.371. The lowest BCUT2D eigenvalue weighted by atomic mass is 9.87. The summed E-state index contributed by atoms with van der Waals surface area (Å²) in [5, 5.41) is 9.06. The summed E-state index contributed by atoms with van der Waals surface area (Å²) in [6.45, 7) is 0.371. The molecule has 0 unspecified atom stereocenters. The summed E-state index contributed by atoms with van der Waals surface area (Å²) >= 11 is 0. The molecule has 2 saturated carbocycles. The molecule has 0 aromatic heterocycles. The number of hydrogen-bond acceptors (Lipinski definition) is 2. The summed E-state index contributed by atoms with van der Waals surface area (Å²) in [6.07, 6.45) is 12.4. The third-order valence-corrected chi connectivity index (χ3v) is 3.99. The van der Waals surface area contributed by atoms with Crippen molar-refractivity contribution < 1.29 is 9.84 Å². The summed E-state index contributed by atoms with van der Waals surface area (Å²) < 4.78 is 6.14. The van der Waals surface area contributed by atoms with Crippen molar-refractivity contribution in [1.29, 1.82) is 0 Å². The highest BCUT2D eigenvalue weighted by Gasteiger charge is 2.24. The monoisotopic (exact) mass is 212 g/mol. The van der Waals surface area contributed by atoms with Crippen molar-refractivity contribution >= 4 is 0 Å². The van der Waals surface area contributed by atoms with Gasteiger partial charge in [0.15, 0.2) is 0 Å². The molecule has 0 spiro atoms. The molecular formula is C13H24O2. The molecule has 0 saturated heterocycles. The Balaban J connectivity index is 1.67. The summed E-state index contributed by atoms with van der Waals surface area (Å²) in [5.41, 5.74) is 0. The van der Waals surface area contributed by atoms with Crippen LogP contribution in [0.4, 0.5) is 0 Å². The fourth-order valence-corrected chi connectivity index (χ4v) is 2.92. The van der Waals surface area contributed by atoms with Gasteiger partial charge in [-0.3, -0.25) is 0 Å². The van der Waals surface area contributed by atoms with Crippen LogP contribution in [-0.4, -0.2) is 23.9 Å². The molecule has 1 N–H and O–H groups in total. The van der Waals surface area contributed by atoms with Gasteiger partial charge in [0, 0.05) is 6.61 Å². The SMILES string of the molecule is OCC1CCC(OC2CCCCC2)CC1. The number of ether oxygens (including phenoxy) is 1. The van der Waals surface area contributed by atoms with E-state index in [2.05, 4.69) is 0 Å². The van der Waals surface area contributed by atoms with Crippen LogP contribution < -0.4 is 0 Å². The lowest BCUT2D eigenvalue weighted by molar-refractivity contribution is -0.0535. The highest BCUT2D eigenvalue weighted by molar-refractivity contribution is 4.75. The smallest absolute Gasteiger partial charge is 0.0579 e. The van der Waals surface area contributed by atoms with Crippen molar-refractivity contribution in [3.63, 3.8) is 0 Å². The second-order valence-electron chi connectivity index (χ2n) is 5.22. The van der Waals surface area contributed by atoms with E-state index >= 15 is 0 Å². The zero-order valence-corrected chi connectivity index (χ0v) is 9.66. The van der Waals surface area contributed by atoms with Crippen molar-refractivity contribution in [3.8, 4) is 0 Å². The van der Waals surface area contributed by atoms with Crippen molar-refractivity contribution in [2.75, 3.05) is 6.61 Å². The Morgan fingerprint density at radius 2 is 1.40 bits per heavy atom. The van der Waals surface area contributed by atoms with Gasteiger partial charge in [-0.15, -0.1) is 0 Å². The molecule has 2 nitrogen and oxygen atoms in total. The van der Waals surface area contributed by atoms with Crippen LogP contribution in [-0.2, 0) is 4.74 Å². The molecule has 2 rings (SSSR count). The average molecular weight is 212 g/mol. The summed E-state index contributed by atoms with van der Waals surface area (Å²) in [5.74, 6) is 0.552. The minimum Gasteiger partial charge on any atom is -0.396 e. The molecule has 0 atom stereocenters. The molecule has 88 valence electrons. The maximum Gasteiger partial charge on any atom is 0.0579 e. The Morgan fingerprint density at radius 3 is 2.00 bits per heavy atom. The van der Waals surface area contributed by atoms with Crippen LogP contribution in [0.1, 0.15) is 57.8 Å². The minimum atomic E-state index is 0.371. The first-order valence-electron chi connectivity index (χ1n) is 6.65. The van der Waals surface area contributed by atoms with E-state index in [1.807, 2.05) is 0 Å². The van der Waals surface area contributed by atoms with Crippen LogP contribution in [0.2, 0.25) is 0 Å². The topological polar surface area (TPSA) is 29.5 Å². The van der Waals surface area contributed by atoms with Gasteiger partial charge in [-0.25, -0.2) is 0 Å². The van der Waals surface area contributed by atoms with Crippen molar-refractivity contribution in [1.82, 2.24) is 0 Å². The van der Waals surface area contributed by atoms with E-state index in [-0.39, 0.29) is 0 Å². The quantitative estimate of drug-likeness (QED) is 0.779. The van der Waals surface area contributed by atoms with Crippen LogP contribution in [0.15, 0.2) is 0 Å². The molecule has 0 amide bonds. The van der Waals surface area contributed by atoms with Crippen LogP contribution in [0, 0.1) is 5.92 Å². The maximum atomic E-state index is 9.06. The van der Waals surface area contributed by atoms with E-state index in [0.717, 1.165) is 12.8 Å². The van der Waals surface area contributed by atoms with Crippen molar-refractivity contribution in [3.05, 3.63) is 0 Å². The second-order valence-corrected chi connectivity index (χ2v) is 5.22. The Kier molecular flexibility index (Phi) is 4.45. The van der Waals surface area contributed by atoms with E-state index in [1.54, 1.807) is 0 Å². The molecule has 0 radical (unpaired) electrons. The predicted molar refractivity (Wildman–Crippen MR) is 60.8 cm³/mol. The van der Waals surface area contributed by atoms with Crippen LogP contribution in [0.3, 0.4) is 0 Å². The van der Waals surface area contributed by atoms with E-state index in [9.17, 15) is 0 Å². The van der Waals surface area contributed by atoms with Crippen molar-refractivity contribution in [2.24, 2.45) is 5.92 Å². The maximum absolute atomic E-state index is 9.06. The van der Waals surface area contributed by atoms with Gasteiger partial charge in [-0.2, -0.15) is 0 Å². The standard InChI is InChI=1S/C13H24O2/c14-10-11-6-8-13(9-7-11)15-12-4-2-1-3-5-12/h11-14H,1-10H2. The molecule has 2 heteroatoms. The van der Waals surface area contributed by atoms with Crippen LogP contribution in [0.5, 0.6) is 0 Å². The third-order valence-electron chi connectivity index (χ3n) is 3.99. The van der Waals surface area contributed by atoms with Crippen molar-refractivity contribution in [2.45, 2.75) is 70.0 Å². The first-order valence-corrected chi connectivity index (χ1v) is 6.65. The van der Waals surface area contributed by atoms with E-state index in [0.29, 0.717) is 24.7 Å².